The van der Waals surface area contributed by atoms with Crippen molar-refractivity contribution in [3.63, 3.8) is 0 Å². The number of amides is 2. The van der Waals surface area contributed by atoms with Gasteiger partial charge in [-0.15, -0.1) is 0 Å². The summed E-state index contributed by atoms with van der Waals surface area (Å²) in [5.41, 5.74) is 1.92. The fourth-order valence-electron chi connectivity index (χ4n) is 2.91. The van der Waals surface area contributed by atoms with Gasteiger partial charge in [-0.1, -0.05) is 73.4 Å². The third-order valence-corrected chi connectivity index (χ3v) is 5.40. The maximum Gasteiger partial charge on any atom is 0.242 e. The van der Waals surface area contributed by atoms with Crippen molar-refractivity contribution in [2.75, 3.05) is 6.54 Å². The van der Waals surface area contributed by atoms with E-state index in [9.17, 15) is 9.59 Å². The third kappa shape index (κ3) is 7.37. The van der Waals surface area contributed by atoms with Crippen LogP contribution >= 0.6 is 23.2 Å². The maximum absolute atomic E-state index is 13.0. The monoisotopic (exact) mass is 434 g/mol. The lowest BCUT2D eigenvalue weighted by Crippen LogP contribution is -2.48. The predicted molar refractivity (Wildman–Crippen MR) is 119 cm³/mol. The highest BCUT2D eigenvalue weighted by Crippen LogP contribution is 2.24. The molecular weight excluding hydrogens is 407 g/mol. The lowest BCUT2D eigenvalue weighted by molar-refractivity contribution is -0.140. The summed E-state index contributed by atoms with van der Waals surface area (Å²) in [4.78, 5) is 27.3. The molecule has 0 aliphatic carbocycles. The average molecular weight is 435 g/mol. The number of hydrogen-bond donors (Lipinski definition) is 1. The van der Waals surface area contributed by atoms with Crippen molar-refractivity contribution in [3.05, 3.63) is 69.7 Å². The molecule has 1 atom stereocenters. The predicted octanol–water partition coefficient (Wildman–Crippen LogP) is 5.12. The van der Waals surface area contributed by atoms with Gasteiger partial charge in [0.05, 0.1) is 10.0 Å². The molecule has 2 rings (SSSR count). The fourth-order valence-corrected chi connectivity index (χ4v) is 3.23. The van der Waals surface area contributed by atoms with Crippen LogP contribution in [0.2, 0.25) is 10.0 Å². The van der Waals surface area contributed by atoms with E-state index >= 15 is 0 Å². The van der Waals surface area contributed by atoms with E-state index in [0.29, 0.717) is 41.9 Å². The van der Waals surface area contributed by atoms with Gasteiger partial charge >= 0.3 is 0 Å². The lowest BCUT2D eigenvalue weighted by atomic mass is 10.1. The van der Waals surface area contributed by atoms with Crippen molar-refractivity contribution < 1.29 is 9.59 Å². The van der Waals surface area contributed by atoms with Crippen molar-refractivity contribution >= 4 is 35.0 Å². The molecule has 2 aromatic carbocycles. The van der Waals surface area contributed by atoms with Crippen molar-refractivity contribution in [2.45, 2.75) is 46.2 Å². The molecule has 0 saturated heterocycles. The van der Waals surface area contributed by atoms with Gasteiger partial charge in [-0.3, -0.25) is 9.59 Å². The topological polar surface area (TPSA) is 49.4 Å². The van der Waals surface area contributed by atoms with Gasteiger partial charge in [0.2, 0.25) is 11.8 Å². The number of hydrogen-bond acceptors (Lipinski definition) is 2. The van der Waals surface area contributed by atoms with Crippen LogP contribution in [0.5, 0.6) is 0 Å². The molecule has 0 heterocycles. The Morgan fingerprint density at radius 2 is 1.66 bits per heavy atom. The molecule has 29 heavy (non-hydrogen) atoms. The van der Waals surface area contributed by atoms with Gasteiger partial charge in [0.1, 0.15) is 6.04 Å². The number of carbonyl (C=O) groups excluding carboxylic acids is 2. The van der Waals surface area contributed by atoms with Gasteiger partial charge in [-0.25, -0.2) is 0 Å². The molecule has 2 aromatic rings. The summed E-state index contributed by atoms with van der Waals surface area (Å²) in [7, 11) is 0. The molecule has 0 aliphatic rings. The summed E-state index contributed by atoms with van der Waals surface area (Å²) < 4.78 is 0. The molecule has 0 unspecified atom stereocenters. The van der Waals surface area contributed by atoms with Crippen molar-refractivity contribution in [3.8, 4) is 0 Å². The number of benzene rings is 2. The molecule has 2 amide bonds. The molecule has 156 valence electrons. The van der Waals surface area contributed by atoms with E-state index in [2.05, 4.69) is 5.32 Å². The summed E-state index contributed by atoms with van der Waals surface area (Å²) >= 11 is 12.1. The number of carbonyl (C=O) groups is 2. The van der Waals surface area contributed by atoms with Gasteiger partial charge < -0.3 is 10.2 Å². The molecule has 0 saturated carbocycles. The highest BCUT2D eigenvalue weighted by atomic mass is 35.5. The third-order valence-electron chi connectivity index (χ3n) is 4.66. The Bertz CT molecular complexity index is 825. The van der Waals surface area contributed by atoms with Crippen molar-refractivity contribution in [1.82, 2.24) is 10.2 Å². The van der Waals surface area contributed by atoms with Crippen LogP contribution in [0.25, 0.3) is 0 Å². The molecule has 6 heteroatoms. The van der Waals surface area contributed by atoms with E-state index in [0.717, 1.165) is 11.1 Å². The standard InChI is InChI=1S/C23H28Cl2N2O2/c1-16(2)14-26-23(29)17(3)27(15-19-9-11-20(24)21(25)13-19)22(28)12-10-18-7-5-4-6-8-18/h4-9,11,13,16-17H,10,12,14-15H2,1-3H3,(H,26,29)/t17-/m1/s1. The Morgan fingerprint density at radius 1 is 0.966 bits per heavy atom. The quantitative estimate of drug-likeness (QED) is 0.595. The largest absolute Gasteiger partial charge is 0.354 e. The van der Waals surface area contributed by atoms with E-state index in [4.69, 9.17) is 23.2 Å². The number of halogens is 2. The van der Waals surface area contributed by atoms with Gasteiger partial charge in [-0.05, 0) is 42.5 Å². The number of nitrogens with zero attached hydrogens (tertiary/aromatic N) is 1. The zero-order valence-electron chi connectivity index (χ0n) is 17.1. The van der Waals surface area contributed by atoms with E-state index in [1.54, 1.807) is 24.0 Å². The van der Waals surface area contributed by atoms with Crippen LogP contribution in [0.3, 0.4) is 0 Å². The van der Waals surface area contributed by atoms with Crippen LogP contribution in [0.1, 0.15) is 38.3 Å². The number of aryl methyl sites for hydroxylation is 1. The second kappa shape index (κ2) is 11.2. The zero-order chi connectivity index (χ0) is 21.4. The van der Waals surface area contributed by atoms with Crippen molar-refractivity contribution in [1.29, 1.82) is 0 Å². The van der Waals surface area contributed by atoms with Crippen LogP contribution in [-0.2, 0) is 22.6 Å². The normalized spacial score (nSPS) is 11.9. The Kier molecular flexibility index (Phi) is 8.99. The van der Waals surface area contributed by atoms with Gasteiger partial charge in [0.25, 0.3) is 0 Å². The molecule has 0 fully saturated rings. The highest BCUT2D eigenvalue weighted by Gasteiger charge is 2.26. The van der Waals surface area contributed by atoms with Crippen LogP contribution in [0.4, 0.5) is 0 Å². The maximum atomic E-state index is 13.0. The first-order chi connectivity index (χ1) is 13.8. The van der Waals surface area contributed by atoms with E-state index in [1.165, 1.54) is 0 Å². The first-order valence-corrected chi connectivity index (χ1v) is 10.6. The van der Waals surface area contributed by atoms with E-state index in [1.807, 2.05) is 50.2 Å². The van der Waals surface area contributed by atoms with Gasteiger partial charge in [0.15, 0.2) is 0 Å². The van der Waals surface area contributed by atoms with Crippen LogP contribution < -0.4 is 5.32 Å². The number of rotatable bonds is 9. The minimum Gasteiger partial charge on any atom is -0.354 e. The first-order valence-electron chi connectivity index (χ1n) is 9.83. The van der Waals surface area contributed by atoms with E-state index in [-0.39, 0.29) is 11.8 Å². The van der Waals surface area contributed by atoms with E-state index < -0.39 is 6.04 Å². The first kappa shape index (κ1) is 23.2. The summed E-state index contributed by atoms with van der Waals surface area (Å²) in [6, 6.07) is 14.5. The Hall–Kier alpha value is -2.04. The average Bonchev–Trinajstić information content (AvgIpc) is 2.71. The molecule has 0 aliphatic heterocycles. The van der Waals surface area contributed by atoms with Crippen molar-refractivity contribution in [2.24, 2.45) is 5.92 Å². The molecule has 0 aromatic heterocycles. The molecule has 1 N–H and O–H groups in total. The minimum atomic E-state index is -0.591. The van der Waals surface area contributed by atoms with Crippen LogP contribution in [0.15, 0.2) is 48.5 Å². The van der Waals surface area contributed by atoms with Gasteiger partial charge in [-0.2, -0.15) is 0 Å². The Balaban J connectivity index is 2.15. The second-order valence-electron chi connectivity index (χ2n) is 7.57. The summed E-state index contributed by atoms with van der Waals surface area (Å²) in [6.45, 7) is 6.68. The Labute approximate surface area is 183 Å². The minimum absolute atomic E-state index is 0.0767. The summed E-state index contributed by atoms with van der Waals surface area (Å²) in [5.74, 6) is 0.0994. The number of nitrogens with one attached hydrogen (secondary N) is 1. The molecule has 4 nitrogen and oxygen atoms in total. The highest BCUT2D eigenvalue weighted by molar-refractivity contribution is 6.42. The van der Waals surface area contributed by atoms with Gasteiger partial charge in [0, 0.05) is 19.5 Å². The smallest absolute Gasteiger partial charge is 0.242 e. The zero-order valence-corrected chi connectivity index (χ0v) is 18.6. The fraction of sp³-hybridized carbons (Fsp3) is 0.391. The molecular formula is C23H28Cl2N2O2. The second-order valence-corrected chi connectivity index (χ2v) is 8.39. The Morgan fingerprint density at radius 3 is 2.28 bits per heavy atom. The SMILES string of the molecule is CC(C)CNC(=O)[C@@H](C)N(Cc1ccc(Cl)c(Cl)c1)C(=O)CCc1ccccc1. The lowest BCUT2D eigenvalue weighted by Gasteiger charge is -2.29. The molecule has 0 bridgehead atoms. The summed E-state index contributed by atoms with van der Waals surface area (Å²) in [6.07, 6.45) is 0.949. The molecule has 0 spiro atoms. The van der Waals surface area contributed by atoms with Crippen LogP contribution in [0, 0.1) is 5.92 Å². The summed E-state index contributed by atoms with van der Waals surface area (Å²) in [5, 5.41) is 3.80. The van der Waals surface area contributed by atoms with Crippen LogP contribution in [-0.4, -0.2) is 29.3 Å². The molecule has 0 radical (unpaired) electrons.